The number of hydrogen-bond donors (Lipinski definition) is 0. The van der Waals surface area contributed by atoms with E-state index in [9.17, 15) is 9.18 Å². The van der Waals surface area contributed by atoms with E-state index in [1.165, 1.54) is 12.1 Å². The Morgan fingerprint density at radius 1 is 0.793 bits per heavy atom. The van der Waals surface area contributed by atoms with Gasteiger partial charge in [-0.1, -0.05) is 66.7 Å². The molecule has 3 heteroatoms. The summed E-state index contributed by atoms with van der Waals surface area (Å²) in [5.41, 5.74) is 3.14. The first kappa shape index (κ1) is 17.4. The van der Waals surface area contributed by atoms with Gasteiger partial charge in [-0.15, -0.1) is 0 Å². The van der Waals surface area contributed by atoms with Crippen molar-refractivity contribution in [2.75, 3.05) is 0 Å². The highest BCUT2D eigenvalue weighted by Gasteiger charge is 2.17. The van der Waals surface area contributed by atoms with Gasteiger partial charge in [0.05, 0.1) is 0 Å². The second kappa shape index (κ2) is 7.02. The van der Waals surface area contributed by atoms with Gasteiger partial charge in [-0.25, -0.2) is 4.39 Å². The normalized spacial score (nSPS) is 11.2. The second-order valence-electron chi connectivity index (χ2n) is 7.21. The van der Waals surface area contributed by atoms with Crippen molar-refractivity contribution < 1.29 is 9.18 Å². The number of nitrogens with zero attached hydrogens (tertiary/aromatic N) is 1. The van der Waals surface area contributed by atoms with E-state index in [1.807, 2.05) is 83.6 Å². The van der Waals surface area contributed by atoms with Crippen LogP contribution in [0.3, 0.4) is 0 Å². The molecule has 0 saturated heterocycles. The van der Waals surface area contributed by atoms with E-state index in [1.54, 1.807) is 6.07 Å². The molecular formula is C26H18FNO. The van der Waals surface area contributed by atoms with Crippen LogP contribution in [0.2, 0.25) is 0 Å². The molecule has 0 unspecified atom stereocenters. The summed E-state index contributed by atoms with van der Waals surface area (Å²) in [6.07, 6.45) is 1.88. The second-order valence-corrected chi connectivity index (χ2v) is 7.21. The molecule has 0 amide bonds. The predicted octanol–water partition coefficient (Wildman–Crippen LogP) is 6.21. The van der Waals surface area contributed by atoms with Gasteiger partial charge in [0.15, 0.2) is 5.78 Å². The Morgan fingerprint density at radius 2 is 1.59 bits per heavy atom. The third-order valence-electron chi connectivity index (χ3n) is 5.29. The topological polar surface area (TPSA) is 22.0 Å². The summed E-state index contributed by atoms with van der Waals surface area (Å²) in [5, 5.41) is 3.06. The number of carbonyl (C=O) groups excluding carboxylic acids is 1. The van der Waals surface area contributed by atoms with Crippen LogP contribution >= 0.6 is 0 Å². The summed E-state index contributed by atoms with van der Waals surface area (Å²) in [6, 6.07) is 28.2. The number of benzene rings is 4. The van der Waals surface area contributed by atoms with Gasteiger partial charge < -0.3 is 4.57 Å². The summed E-state index contributed by atoms with van der Waals surface area (Å²) in [6.45, 7) is 0.503. The van der Waals surface area contributed by atoms with E-state index in [4.69, 9.17) is 0 Å². The minimum Gasteiger partial charge on any atom is -0.342 e. The summed E-state index contributed by atoms with van der Waals surface area (Å²) < 4.78 is 15.6. The largest absolute Gasteiger partial charge is 0.342 e. The Hall–Kier alpha value is -3.72. The molecule has 1 heterocycles. The first-order valence-corrected chi connectivity index (χ1v) is 9.55. The Kier molecular flexibility index (Phi) is 4.21. The molecular weight excluding hydrogens is 361 g/mol. The molecule has 0 aliphatic rings. The molecule has 0 fully saturated rings. The van der Waals surface area contributed by atoms with Crippen LogP contribution in [0.1, 0.15) is 21.5 Å². The zero-order valence-corrected chi connectivity index (χ0v) is 15.7. The number of rotatable bonds is 4. The molecule has 0 N–H and O–H groups in total. The molecule has 2 nitrogen and oxygen atoms in total. The first-order valence-electron chi connectivity index (χ1n) is 9.55. The minimum absolute atomic E-state index is 0.00931. The maximum absolute atomic E-state index is 13.6. The number of aromatic nitrogens is 1. The van der Waals surface area contributed by atoms with Crippen molar-refractivity contribution in [3.8, 4) is 0 Å². The lowest BCUT2D eigenvalue weighted by molar-refractivity contribution is 0.104. The van der Waals surface area contributed by atoms with E-state index in [-0.39, 0.29) is 11.6 Å². The third-order valence-corrected chi connectivity index (χ3v) is 5.29. The van der Waals surface area contributed by atoms with Crippen LogP contribution in [0.5, 0.6) is 0 Å². The number of ketones is 1. The molecule has 0 aliphatic heterocycles. The first-order chi connectivity index (χ1) is 14.2. The van der Waals surface area contributed by atoms with Crippen LogP contribution in [0.25, 0.3) is 21.7 Å². The van der Waals surface area contributed by atoms with Crippen LogP contribution in [0, 0.1) is 5.82 Å². The van der Waals surface area contributed by atoms with Crippen molar-refractivity contribution >= 4 is 27.5 Å². The lowest BCUT2D eigenvalue weighted by Crippen LogP contribution is -2.01. The van der Waals surface area contributed by atoms with Crippen LogP contribution in [-0.2, 0) is 6.54 Å². The van der Waals surface area contributed by atoms with Crippen LogP contribution in [0.15, 0.2) is 97.2 Å². The molecule has 0 bridgehead atoms. The van der Waals surface area contributed by atoms with Gasteiger partial charge >= 0.3 is 0 Å². The molecule has 1 aromatic heterocycles. The molecule has 140 valence electrons. The van der Waals surface area contributed by atoms with Crippen molar-refractivity contribution in [1.29, 1.82) is 0 Å². The van der Waals surface area contributed by atoms with E-state index in [0.29, 0.717) is 17.7 Å². The molecule has 5 aromatic rings. The molecule has 5 rings (SSSR count). The molecule has 29 heavy (non-hydrogen) atoms. The van der Waals surface area contributed by atoms with Gasteiger partial charge in [0.2, 0.25) is 0 Å². The predicted molar refractivity (Wildman–Crippen MR) is 115 cm³/mol. The number of halogens is 1. The lowest BCUT2D eigenvalue weighted by atomic mass is 10.00. The summed E-state index contributed by atoms with van der Waals surface area (Å²) in [7, 11) is 0. The van der Waals surface area contributed by atoms with E-state index in [2.05, 4.69) is 0 Å². The van der Waals surface area contributed by atoms with Gasteiger partial charge in [-0.05, 0) is 40.6 Å². The molecule has 4 aromatic carbocycles. The van der Waals surface area contributed by atoms with Gasteiger partial charge in [0.1, 0.15) is 5.82 Å². The number of hydrogen-bond acceptors (Lipinski definition) is 1. The Balaban J connectivity index is 1.60. The van der Waals surface area contributed by atoms with Crippen molar-refractivity contribution in [3.63, 3.8) is 0 Å². The highest BCUT2D eigenvalue weighted by Crippen LogP contribution is 2.26. The number of carbonyl (C=O) groups is 1. The fourth-order valence-electron chi connectivity index (χ4n) is 3.88. The molecule has 0 atom stereocenters. The zero-order chi connectivity index (χ0) is 19.8. The zero-order valence-electron chi connectivity index (χ0n) is 15.7. The maximum atomic E-state index is 13.6. The lowest BCUT2D eigenvalue weighted by Gasteiger charge is -2.05. The standard InChI is InChI=1S/C26H18FNO/c27-22-9-5-6-18(14-22)16-28-17-24(23-10-3-4-11-25(23)28)26(29)21-13-12-19-7-1-2-8-20(19)15-21/h1-15,17H,16H2. The monoisotopic (exact) mass is 379 g/mol. The Bertz CT molecular complexity index is 1370. The van der Waals surface area contributed by atoms with Gasteiger partial charge in [-0.3, -0.25) is 4.79 Å². The van der Waals surface area contributed by atoms with Gasteiger partial charge in [0.25, 0.3) is 0 Å². The van der Waals surface area contributed by atoms with Gasteiger partial charge in [0, 0.05) is 34.8 Å². The summed E-state index contributed by atoms with van der Waals surface area (Å²) in [5.74, 6) is -0.267. The fraction of sp³-hybridized carbons (Fsp3) is 0.0385. The van der Waals surface area contributed by atoms with Crippen LogP contribution < -0.4 is 0 Å². The SMILES string of the molecule is O=C(c1ccc2ccccc2c1)c1cn(Cc2cccc(F)c2)c2ccccc12. The molecule has 0 aliphatic carbocycles. The molecule has 0 spiro atoms. The summed E-state index contributed by atoms with van der Waals surface area (Å²) >= 11 is 0. The third kappa shape index (κ3) is 3.21. The Labute approximate surface area is 167 Å². The van der Waals surface area contributed by atoms with Crippen molar-refractivity contribution in [3.05, 3.63) is 120 Å². The van der Waals surface area contributed by atoms with Gasteiger partial charge in [-0.2, -0.15) is 0 Å². The number of fused-ring (bicyclic) bond motifs is 2. The van der Waals surface area contributed by atoms with Crippen molar-refractivity contribution in [2.24, 2.45) is 0 Å². The maximum Gasteiger partial charge on any atom is 0.195 e. The van der Waals surface area contributed by atoms with Crippen molar-refractivity contribution in [1.82, 2.24) is 4.57 Å². The number of para-hydroxylation sites is 1. The van der Waals surface area contributed by atoms with Crippen molar-refractivity contribution in [2.45, 2.75) is 6.54 Å². The van der Waals surface area contributed by atoms with Crippen LogP contribution in [-0.4, -0.2) is 10.4 Å². The molecule has 0 radical (unpaired) electrons. The highest BCUT2D eigenvalue weighted by atomic mass is 19.1. The van der Waals surface area contributed by atoms with E-state index in [0.717, 1.165) is 27.2 Å². The highest BCUT2D eigenvalue weighted by molar-refractivity contribution is 6.17. The van der Waals surface area contributed by atoms with E-state index < -0.39 is 0 Å². The van der Waals surface area contributed by atoms with E-state index >= 15 is 0 Å². The van der Waals surface area contributed by atoms with Crippen LogP contribution in [0.4, 0.5) is 4.39 Å². The minimum atomic E-state index is -0.258. The quantitative estimate of drug-likeness (QED) is 0.340. The average Bonchev–Trinajstić information content (AvgIpc) is 3.11. The Morgan fingerprint density at radius 3 is 2.45 bits per heavy atom. The average molecular weight is 379 g/mol. The fourth-order valence-corrected chi connectivity index (χ4v) is 3.88. The summed E-state index contributed by atoms with van der Waals surface area (Å²) in [4.78, 5) is 13.4. The smallest absolute Gasteiger partial charge is 0.195 e. The molecule has 0 saturated carbocycles.